The highest BCUT2D eigenvalue weighted by Crippen LogP contribution is 2.24. The number of piperidine rings is 1. The molecule has 2 fully saturated rings. The summed E-state index contributed by atoms with van der Waals surface area (Å²) in [5.74, 6) is -0.928. The van der Waals surface area contributed by atoms with E-state index in [1.54, 1.807) is 47.7 Å². The maximum atomic E-state index is 13.3. The predicted molar refractivity (Wildman–Crippen MR) is 148 cm³/mol. The molecule has 0 spiro atoms. The Morgan fingerprint density at radius 3 is 2.67 bits per heavy atom. The molecule has 2 aromatic carbocycles. The minimum atomic E-state index is -3.98. The fraction of sp³-hybridized carbons (Fsp3) is 0.385. The van der Waals surface area contributed by atoms with E-state index in [-0.39, 0.29) is 35.7 Å². The second kappa shape index (κ2) is 11.2. The number of sulfonamides is 1. The number of thiazole rings is 1. The van der Waals surface area contributed by atoms with Crippen molar-refractivity contribution >= 4 is 61.5 Å². The van der Waals surface area contributed by atoms with Gasteiger partial charge in [-0.05, 0) is 61.2 Å². The van der Waals surface area contributed by atoms with Crippen LogP contribution in [0.1, 0.15) is 36.0 Å². The molecule has 1 unspecified atom stereocenters. The van der Waals surface area contributed by atoms with E-state index in [9.17, 15) is 22.8 Å². The summed E-state index contributed by atoms with van der Waals surface area (Å²) in [6, 6.07) is 7.93. The monoisotopic (exact) mass is 589 g/mol. The number of hydrogen-bond acceptors (Lipinski definition) is 7. The molecular weight excluding hydrogens is 562 g/mol. The number of benzene rings is 2. The fourth-order valence-electron chi connectivity index (χ4n) is 5.09. The average Bonchev–Trinajstić information content (AvgIpc) is 3.58. The van der Waals surface area contributed by atoms with Gasteiger partial charge in [0.2, 0.25) is 21.8 Å². The molecule has 2 aliphatic heterocycles. The van der Waals surface area contributed by atoms with Gasteiger partial charge in [0.05, 0.1) is 4.90 Å². The van der Waals surface area contributed by atoms with Gasteiger partial charge < -0.3 is 15.1 Å². The predicted octanol–water partition coefficient (Wildman–Crippen LogP) is 2.64. The largest absolute Gasteiger partial charge is 0.345 e. The molecule has 3 heterocycles. The van der Waals surface area contributed by atoms with Gasteiger partial charge in [-0.15, -0.1) is 11.3 Å². The number of fused-ring (bicyclic) bond motifs is 1. The van der Waals surface area contributed by atoms with Crippen LogP contribution in [-0.2, 0) is 19.6 Å². The van der Waals surface area contributed by atoms with E-state index in [1.165, 1.54) is 28.4 Å². The number of nitrogens with zero attached hydrogens (tertiary/aromatic N) is 3. The smallest absolute Gasteiger partial charge is 0.280 e. The standard InChI is InChI=1S/C26H28ClN5O5S2/c1-16(25(34)31-10-2-3-20(15-31)29-23(33)24-28-9-12-38-24)32-11-8-22(26(32)35)30-39(36,37)21-7-5-17-13-19(27)6-4-18(17)14-21/h4-7,9,12-14,16,20,22,30H,2-3,8,10-11,15H2,1H3,(H,29,33)/t16-,20?,22-/m0/s1. The van der Waals surface area contributed by atoms with Crippen LogP contribution in [0.15, 0.2) is 52.9 Å². The number of likely N-dealkylation sites (tertiary alicyclic amines) is 2. The number of aromatic nitrogens is 1. The van der Waals surface area contributed by atoms with Crippen molar-refractivity contribution in [1.29, 1.82) is 0 Å². The molecule has 0 saturated carbocycles. The number of rotatable bonds is 7. The first-order valence-corrected chi connectivity index (χ1v) is 15.4. The van der Waals surface area contributed by atoms with Crippen molar-refractivity contribution in [3.63, 3.8) is 0 Å². The summed E-state index contributed by atoms with van der Waals surface area (Å²) in [5, 5.41) is 7.11. The second-order valence-corrected chi connectivity index (χ2v) is 12.8. The van der Waals surface area contributed by atoms with Crippen LogP contribution in [0.3, 0.4) is 0 Å². The summed E-state index contributed by atoms with van der Waals surface area (Å²) in [6.07, 6.45) is 3.28. The van der Waals surface area contributed by atoms with Crippen molar-refractivity contribution in [2.75, 3.05) is 19.6 Å². The van der Waals surface area contributed by atoms with Crippen molar-refractivity contribution in [2.24, 2.45) is 0 Å². The number of amides is 3. The molecule has 2 N–H and O–H groups in total. The van der Waals surface area contributed by atoms with Crippen LogP contribution < -0.4 is 10.0 Å². The minimum absolute atomic E-state index is 0.0480. The van der Waals surface area contributed by atoms with Crippen LogP contribution in [0.5, 0.6) is 0 Å². The third kappa shape index (κ3) is 5.93. The lowest BCUT2D eigenvalue weighted by Crippen LogP contribution is -2.55. The fourth-order valence-corrected chi connectivity index (χ4v) is 7.07. The Morgan fingerprint density at radius 1 is 1.13 bits per heavy atom. The number of hydrogen-bond donors (Lipinski definition) is 2. The lowest BCUT2D eigenvalue weighted by atomic mass is 10.0. The van der Waals surface area contributed by atoms with Crippen LogP contribution in [0, 0.1) is 0 Å². The van der Waals surface area contributed by atoms with Crippen LogP contribution in [0.4, 0.5) is 0 Å². The van der Waals surface area contributed by atoms with Gasteiger partial charge in [0.25, 0.3) is 5.91 Å². The zero-order valence-corrected chi connectivity index (χ0v) is 23.6. The summed E-state index contributed by atoms with van der Waals surface area (Å²) < 4.78 is 28.7. The molecule has 3 atom stereocenters. The van der Waals surface area contributed by atoms with Gasteiger partial charge in [-0.1, -0.05) is 23.7 Å². The van der Waals surface area contributed by atoms with Gasteiger partial charge in [-0.3, -0.25) is 14.4 Å². The van der Waals surface area contributed by atoms with Crippen molar-refractivity contribution in [3.8, 4) is 0 Å². The van der Waals surface area contributed by atoms with Crippen LogP contribution >= 0.6 is 22.9 Å². The SMILES string of the molecule is C[C@@H](C(=O)N1CCCC(NC(=O)c2nccs2)C1)N1CC[C@H](NS(=O)(=O)c2ccc3cc(Cl)ccc3c2)C1=O. The molecule has 1 aromatic heterocycles. The number of carbonyl (C=O) groups is 3. The first-order valence-electron chi connectivity index (χ1n) is 12.6. The van der Waals surface area contributed by atoms with Crippen molar-refractivity contribution < 1.29 is 22.8 Å². The second-order valence-electron chi connectivity index (χ2n) is 9.76. The Labute approximate surface area is 235 Å². The van der Waals surface area contributed by atoms with E-state index in [0.29, 0.717) is 28.5 Å². The molecular formula is C26H28ClN5O5S2. The normalized spacial score (nSPS) is 20.8. The van der Waals surface area contributed by atoms with Crippen LogP contribution in [0.2, 0.25) is 5.02 Å². The molecule has 0 aliphatic carbocycles. The molecule has 5 rings (SSSR count). The zero-order chi connectivity index (χ0) is 27.7. The Balaban J connectivity index is 1.20. The molecule has 3 amide bonds. The number of carbonyl (C=O) groups excluding carboxylic acids is 3. The molecule has 13 heteroatoms. The Hall–Kier alpha value is -3.06. The van der Waals surface area contributed by atoms with E-state index >= 15 is 0 Å². The minimum Gasteiger partial charge on any atom is -0.345 e. The van der Waals surface area contributed by atoms with Crippen molar-refractivity contribution in [3.05, 3.63) is 58.0 Å². The molecule has 206 valence electrons. The highest BCUT2D eigenvalue weighted by molar-refractivity contribution is 7.89. The van der Waals surface area contributed by atoms with E-state index < -0.39 is 28.0 Å². The molecule has 3 aromatic rings. The summed E-state index contributed by atoms with van der Waals surface area (Å²) in [7, 11) is -3.98. The van der Waals surface area contributed by atoms with Gasteiger partial charge in [0, 0.05) is 42.3 Å². The number of nitrogens with one attached hydrogen (secondary N) is 2. The molecule has 0 radical (unpaired) electrons. The Bertz CT molecular complexity index is 1510. The summed E-state index contributed by atoms with van der Waals surface area (Å²) in [4.78, 5) is 46.0. The van der Waals surface area contributed by atoms with E-state index in [1.807, 2.05) is 0 Å². The van der Waals surface area contributed by atoms with Crippen molar-refractivity contribution in [2.45, 2.75) is 49.2 Å². The first-order chi connectivity index (χ1) is 18.6. The molecule has 39 heavy (non-hydrogen) atoms. The number of halogens is 1. The lowest BCUT2D eigenvalue weighted by molar-refractivity contribution is -0.144. The first kappa shape index (κ1) is 27.5. The van der Waals surface area contributed by atoms with Crippen molar-refractivity contribution in [1.82, 2.24) is 24.8 Å². The van der Waals surface area contributed by atoms with Crippen LogP contribution in [0.25, 0.3) is 10.8 Å². The zero-order valence-electron chi connectivity index (χ0n) is 21.2. The molecule has 10 nitrogen and oxygen atoms in total. The maximum absolute atomic E-state index is 13.3. The lowest BCUT2D eigenvalue weighted by Gasteiger charge is -2.36. The summed E-state index contributed by atoms with van der Waals surface area (Å²) in [6.45, 7) is 2.78. The third-order valence-electron chi connectivity index (χ3n) is 7.14. The maximum Gasteiger partial charge on any atom is 0.280 e. The topological polar surface area (TPSA) is 129 Å². The van der Waals surface area contributed by atoms with Gasteiger partial charge in [0.15, 0.2) is 5.01 Å². The molecule has 0 bridgehead atoms. The van der Waals surface area contributed by atoms with Crippen LogP contribution in [-0.4, -0.2) is 78.7 Å². The van der Waals surface area contributed by atoms with Gasteiger partial charge >= 0.3 is 0 Å². The molecule has 2 aliphatic rings. The molecule has 2 saturated heterocycles. The van der Waals surface area contributed by atoms with Gasteiger partial charge in [0.1, 0.15) is 12.1 Å². The summed E-state index contributed by atoms with van der Waals surface area (Å²) in [5.41, 5.74) is 0. The quantitative estimate of drug-likeness (QED) is 0.436. The van der Waals surface area contributed by atoms with E-state index in [4.69, 9.17) is 11.6 Å². The average molecular weight is 590 g/mol. The third-order valence-corrected chi connectivity index (χ3v) is 9.62. The highest BCUT2D eigenvalue weighted by Gasteiger charge is 2.40. The van der Waals surface area contributed by atoms with Gasteiger partial charge in [-0.25, -0.2) is 13.4 Å². The Kier molecular flexibility index (Phi) is 7.90. The van der Waals surface area contributed by atoms with E-state index in [0.717, 1.165) is 18.2 Å². The Morgan fingerprint density at radius 2 is 1.90 bits per heavy atom. The summed E-state index contributed by atoms with van der Waals surface area (Å²) >= 11 is 7.27. The van der Waals surface area contributed by atoms with E-state index in [2.05, 4.69) is 15.0 Å². The van der Waals surface area contributed by atoms with Gasteiger partial charge in [-0.2, -0.15) is 4.72 Å². The highest BCUT2D eigenvalue weighted by atomic mass is 35.5.